The van der Waals surface area contributed by atoms with Crippen molar-refractivity contribution in [3.8, 4) is 11.6 Å². The van der Waals surface area contributed by atoms with Crippen molar-refractivity contribution in [2.45, 2.75) is 0 Å². The van der Waals surface area contributed by atoms with Crippen LogP contribution in [0.1, 0.15) is 15.9 Å². The zero-order valence-electron chi connectivity index (χ0n) is 15.6. The average Bonchev–Trinajstić information content (AvgIpc) is 2.69. The Bertz CT molecular complexity index is 1210. The number of nitrogens with one attached hydrogen (secondary N) is 1. The molecule has 0 fully saturated rings. The van der Waals surface area contributed by atoms with Crippen molar-refractivity contribution >= 4 is 29.4 Å². The molecule has 1 aromatic heterocycles. The van der Waals surface area contributed by atoms with Gasteiger partial charge < -0.3 is 10.0 Å². The van der Waals surface area contributed by atoms with Gasteiger partial charge in [0.15, 0.2) is 0 Å². The summed E-state index contributed by atoms with van der Waals surface area (Å²) in [6.45, 7) is 0. The molecule has 3 aromatic rings. The van der Waals surface area contributed by atoms with Crippen LogP contribution in [0.2, 0.25) is 5.02 Å². The summed E-state index contributed by atoms with van der Waals surface area (Å²) in [7, 11) is 3.30. The van der Waals surface area contributed by atoms with Crippen LogP contribution >= 0.6 is 11.6 Å². The van der Waals surface area contributed by atoms with E-state index in [9.17, 15) is 19.5 Å². The van der Waals surface area contributed by atoms with Gasteiger partial charge in [-0.1, -0.05) is 23.7 Å². The van der Waals surface area contributed by atoms with Gasteiger partial charge in [0.25, 0.3) is 11.5 Å². The van der Waals surface area contributed by atoms with Gasteiger partial charge >= 0.3 is 5.69 Å². The molecule has 0 bridgehead atoms. The smallest absolute Gasteiger partial charge is 0.335 e. The molecule has 9 heteroatoms. The highest BCUT2D eigenvalue weighted by molar-refractivity contribution is 6.32. The largest absolute Gasteiger partial charge is 0.493 e. The molecular formula is C20H17ClN4O4. The maximum absolute atomic E-state index is 12.2. The fraction of sp³-hybridized carbons (Fsp3) is 0.100. The van der Waals surface area contributed by atoms with Crippen LogP contribution in [0.3, 0.4) is 0 Å². The number of benzene rings is 2. The fourth-order valence-corrected chi connectivity index (χ4v) is 2.82. The summed E-state index contributed by atoms with van der Waals surface area (Å²) in [5.41, 5.74) is -0.674. The van der Waals surface area contributed by atoms with E-state index in [1.54, 1.807) is 56.6 Å². The molecular weight excluding hydrogens is 396 g/mol. The van der Waals surface area contributed by atoms with E-state index in [0.29, 0.717) is 11.3 Å². The van der Waals surface area contributed by atoms with E-state index in [0.717, 1.165) is 10.8 Å². The van der Waals surface area contributed by atoms with Gasteiger partial charge in [-0.3, -0.25) is 19.6 Å². The Labute approximate surface area is 170 Å². The third-order valence-electron chi connectivity index (χ3n) is 4.08. The first-order valence-electron chi connectivity index (χ1n) is 8.48. The standard InChI is InChI=1S/C20H17ClN4O4/c1-24(2)18(27)12-7-9-13(10-8-12)22-11-14-17(26)23-20(29)25(19(14)28)16-6-4-3-5-15(16)21/h3-11,28H,1-2H3,(H,23,26,29). The van der Waals surface area contributed by atoms with Crippen LogP contribution in [-0.2, 0) is 0 Å². The molecule has 0 atom stereocenters. The fourth-order valence-electron chi connectivity index (χ4n) is 2.60. The Morgan fingerprint density at radius 3 is 2.41 bits per heavy atom. The molecule has 8 nitrogen and oxygen atoms in total. The first kappa shape index (κ1) is 20.1. The number of nitrogens with zero attached hydrogens (tertiary/aromatic N) is 3. The lowest BCUT2D eigenvalue weighted by atomic mass is 10.2. The lowest BCUT2D eigenvalue weighted by Crippen LogP contribution is -2.31. The second-order valence-corrected chi connectivity index (χ2v) is 6.70. The number of hydrogen-bond donors (Lipinski definition) is 2. The van der Waals surface area contributed by atoms with E-state index in [1.165, 1.54) is 11.0 Å². The van der Waals surface area contributed by atoms with Crippen molar-refractivity contribution in [2.24, 2.45) is 4.99 Å². The molecule has 0 aliphatic heterocycles. The third kappa shape index (κ3) is 4.12. The monoisotopic (exact) mass is 412 g/mol. The second kappa shape index (κ2) is 8.15. The van der Waals surface area contributed by atoms with Crippen molar-refractivity contribution in [3.63, 3.8) is 0 Å². The number of rotatable bonds is 4. The number of aliphatic imine (C=N–C) groups is 1. The maximum Gasteiger partial charge on any atom is 0.335 e. The van der Waals surface area contributed by atoms with E-state index in [2.05, 4.69) is 9.98 Å². The van der Waals surface area contributed by atoms with Crippen molar-refractivity contribution in [1.82, 2.24) is 14.5 Å². The lowest BCUT2D eigenvalue weighted by molar-refractivity contribution is 0.0827. The zero-order valence-corrected chi connectivity index (χ0v) is 16.3. The van der Waals surface area contributed by atoms with Crippen LogP contribution in [0, 0.1) is 0 Å². The molecule has 29 heavy (non-hydrogen) atoms. The van der Waals surface area contributed by atoms with Gasteiger partial charge in [0.05, 0.1) is 16.4 Å². The predicted molar refractivity (Wildman–Crippen MR) is 111 cm³/mol. The molecule has 0 spiro atoms. The third-order valence-corrected chi connectivity index (χ3v) is 4.40. The average molecular weight is 413 g/mol. The SMILES string of the molecule is CN(C)C(=O)c1ccc(N=Cc2c(O)n(-c3ccccc3Cl)c(=O)[nH]c2=O)cc1. The number of amides is 1. The van der Waals surface area contributed by atoms with Crippen LogP contribution < -0.4 is 11.2 Å². The first-order valence-corrected chi connectivity index (χ1v) is 8.86. The number of hydrogen-bond acceptors (Lipinski definition) is 5. The Morgan fingerprint density at radius 2 is 1.79 bits per heavy atom. The van der Waals surface area contributed by atoms with Gasteiger partial charge in [0, 0.05) is 25.9 Å². The molecule has 1 heterocycles. The summed E-state index contributed by atoms with van der Waals surface area (Å²) < 4.78 is 0.893. The molecule has 2 N–H and O–H groups in total. The summed E-state index contributed by atoms with van der Waals surface area (Å²) in [6, 6.07) is 12.8. The number of aromatic nitrogens is 2. The molecule has 0 radical (unpaired) electrons. The first-order chi connectivity index (χ1) is 13.8. The number of para-hydroxylation sites is 1. The summed E-state index contributed by atoms with van der Waals surface area (Å²) in [5.74, 6) is -0.739. The van der Waals surface area contributed by atoms with Crippen LogP contribution in [0.5, 0.6) is 5.88 Å². The number of carbonyl (C=O) groups excluding carboxylic acids is 1. The molecule has 2 aromatic carbocycles. The number of H-pyrrole nitrogens is 1. The van der Waals surface area contributed by atoms with E-state index in [4.69, 9.17) is 11.6 Å². The van der Waals surface area contributed by atoms with Crippen molar-refractivity contribution < 1.29 is 9.90 Å². The number of aromatic hydroxyl groups is 1. The van der Waals surface area contributed by atoms with Gasteiger partial charge in [-0.25, -0.2) is 9.36 Å². The molecule has 1 amide bonds. The Morgan fingerprint density at radius 1 is 1.14 bits per heavy atom. The van der Waals surface area contributed by atoms with Gasteiger partial charge in [0.2, 0.25) is 5.88 Å². The van der Waals surface area contributed by atoms with Gasteiger partial charge in [-0.2, -0.15) is 0 Å². The number of aromatic amines is 1. The molecule has 0 saturated carbocycles. The highest BCUT2D eigenvalue weighted by Gasteiger charge is 2.16. The molecule has 148 valence electrons. The second-order valence-electron chi connectivity index (χ2n) is 6.29. The number of carbonyl (C=O) groups is 1. The predicted octanol–water partition coefficient (Wildman–Crippen LogP) is 2.34. The van der Waals surface area contributed by atoms with Gasteiger partial charge in [-0.05, 0) is 36.4 Å². The Balaban J connectivity index is 2.01. The van der Waals surface area contributed by atoms with Crippen LogP contribution in [0.15, 0.2) is 63.1 Å². The van der Waals surface area contributed by atoms with E-state index in [1.807, 2.05) is 0 Å². The molecule has 0 unspecified atom stereocenters. The minimum Gasteiger partial charge on any atom is -0.493 e. The summed E-state index contributed by atoms with van der Waals surface area (Å²) >= 11 is 6.10. The topological polar surface area (TPSA) is 108 Å². The normalized spacial score (nSPS) is 11.0. The van der Waals surface area contributed by atoms with Crippen molar-refractivity contribution in [3.05, 3.63) is 85.5 Å². The maximum atomic E-state index is 12.2. The number of halogens is 1. The highest BCUT2D eigenvalue weighted by Crippen LogP contribution is 2.23. The summed E-state index contributed by atoms with van der Waals surface area (Å²) in [4.78, 5) is 44.0. The summed E-state index contributed by atoms with van der Waals surface area (Å²) in [6.07, 6.45) is 1.14. The minimum absolute atomic E-state index is 0.151. The van der Waals surface area contributed by atoms with Crippen molar-refractivity contribution in [2.75, 3.05) is 14.1 Å². The Kier molecular flexibility index (Phi) is 5.65. The van der Waals surface area contributed by atoms with E-state index in [-0.39, 0.29) is 22.2 Å². The van der Waals surface area contributed by atoms with Gasteiger partial charge in [-0.15, -0.1) is 0 Å². The Hall–Kier alpha value is -3.65. The molecule has 0 saturated heterocycles. The quantitative estimate of drug-likeness (QED) is 0.641. The zero-order chi connectivity index (χ0) is 21.1. The molecule has 3 rings (SSSR count). The van der Waals surface area contributed by atoms with Crippen LogP contribution in [-0.4, -0.2) is 45.8 Å². The van der Waals surface area contributed by atoms with Crippen molar-refractivity contribution in [1.29, 1.82) is 0 Å². The van der Waals surface area contributed by atoms with Crippen LogP contribution in [0.25, 0.3) is 5.69 Å². The van der Waals surface area contributed by atoms with E-state index < -0.39 is 17.1 Å². The van der Waals surface area contributed by atoms with Gasteiger partial charge in [0.1, 0.15) is 5.56 Å². The molecule has 0 aliphatic rings. The lowest BCUT2D eigenvalue weighted by Gasteiger charge is -2.11. The van der Waals surface area contributed by atoms with E-state index >= 15 is 0 Å². The minimum atomic E-state index is -0.829. The van der Waals surface area contributed by atoms with Crippen LogP contribution in [0.4, 0.5) is 5.69 Å². The highest BCUT2D eigenvalue weighted by atomic mass is 35.5. The molecule has 0 aliphatic carbocycles. The summed E-state index contributed by atoms with van der Waals surface area (Å²) in [5, 5.41) is 10.8.